The lowest BCUT2D eigenvalue weighted by atomic mass is 9.77. The standard InChI is InChI=1S/C25H24N4O2/c1-16-20-23(29(26-16)19-13-9-6-10-14-19)31-25(4)15-24(20,3)30-21-17(2)27-28(22(21)25)18-11-7-5-8-12-18/h5-14H,15H2,1-4H3/t24-,25+/m0/s1. The molecule has 2 atom stereocenters. The second kappa shape index (κ2) is 6.00. The summed E-state index contributed by atoms with van der Waals surface area (Å²) in [5.74, 6) is 1.54. The molecular formula is C25H24N4O2. The van der Waals surface area contributed by atoms with Crippen LogP contribution in [0.1, 0.15) is 42.9 Å². The average molecular weight is 412 g/mol. The second-order valence-corrected chi connectivity index (χ2v) is 8.87. The molecular weight excluding hydrogens is 388 g/mol. The highest BCUT2D eigenvalue weighted by Crippen LogP contribution is 2.57. The predicted molar refractivity (Wildman–Crippen MR) is 117 cm³/mol. The number of hydrogen-bond donors (Lipinski definition) is 0. The van der Waals surface area contributed by atoms with Gasteiger partial charge in [-0.15, -0.1) is 0 Å². The molecule has 0 radical (unpaired) electrons. The number of aromatic nitrogens is 4. The van der Waals surface area contributed by atoms with Gasteiger partial charge in [-0.2, -0.15) is 10.2 Å². The SMILES string of the molecule is Cc1nn(-c2ccccc2)c2c1O[C@@]1(C)C[C@@]2(C)Oc2c1c(C)nn2-c1ccccc1. The van der Waals surface area contributed by atoms with E-state index in [1.54, 1.807) is 0 Å². The minimum absolute atomic E-state index is 0.554. The average Bonchev–Trinajstić information content (AvgIpc) is 3.26. The number of ether oxygens (including phenoxy) is 2. The Bertz CT molecular complexity index is 1310. The molecule has 0 aliphatic carbocycles. The van der Waals surface area contributed by atoms with Crippen molar-refractivity contribution in [3.8, 4) is 23.0 Å². The lowest BCUT2D eigenvalue weighted by Crippen LogP contribution is -2.50. The van der Waals surface area contributed by atoms with E-state index in [0.29, 0.717) is 6.42 Å². The van der Waals surface area contributed by atoms with E-state index >= 15 is 0 Å². The number of benzene rings is 2. The van der Waals surface area contributed by atoms with Crippen LogP contribution in [0.4, 0.5) is 0 Å². The van der Waals surface area contributed by atoms with Gasteiger partial charge in [-0.05, 0) is 52.0 Å². The molecule has 4 aromatic rings. The van der Waals surface area contributed by atoms with Gasteiger partial charge in [-0.3, -0.25) is 0 Å². The van der Waals surface area contributed by atoms with Crippen LogP contribution in [-0.4, -0.2) is 19.6 Å². The first-order valence-electron chi connectivity index (χ1n) is 10.6. The predicted octanol–water partition coefficient (Wildman–Crippen LogP) is 4.98. The van der Waals surface area contributed by atoms with Gasteiger partial charge in [0.15, 0.2) is 11.4 Å². The highest BCUT2D eigenvalue weighted by molar-refractivity contribution is 5.53. The van der Waals surface area contributed by atoms with E-state index in [4.69, 9.17) is 19.7 Å². The van der Waals surface area contributed by atoms with Crippen LogP contribution in [0.5, 0.6) is 11.6 Å². The first-order valence-corrected chi connectivity index (χ1v) is 10.6. The van der Waals surface area contributed by atoms with E-state index in [-0.39, 0.29) is 0 Å². The third kappa shape index (κ3) is 2.45. The Labute approximate surface area is 181 Å². The van der Waals surface area contributed by atoms with Gasteiger partial charge in [0.25, 0.3) is 0 Å². The number of para-hydroxylation sites is 2. The third-order valence-corrected chi connectivity index (χ3v) is 6.38. The second-order valence-electron chi connectivity index (χ2n) is 8.87. The van der Waals surface area contributed by atoms with Crippen LogP contribution in [0.3, 0.4) is 0 Å². The monoisotopic (exact) mass is 412 g/mol. The molecule has 0 fully saturated rings. The molecule has 0 unspecified atom stereocenters. The van der Waals surface area contributed by atoms with Crippen molar-refractivity contribution in [2.75, 3.05) is 0 Å². The van der Waals surface area contributed by atoms with Crippen LogP contribution in [0, 0.1) is 13.8 Å². The summed E-state index contributed by atoms with van der Waals surface area (Å²) in [6.45, 7) is 8.29. The van der Waals surface area contributed by atoms with Crippen LogP contribution >= 0.6 is 0 Å². The minimum atomic E-state index is -0.620. The fourth-order valence-corrected chi connectivity index (χ4v) is 5.23. The van der Waals surface area contributed by atoms with Crippen molar-refractivity contribution < 1.29 is 9.47 Å². The molecule has 6 rings (SSSR count). The molecule has 2 aromatic carbocycles. The summed E-state index contributed by atoms with van der Waals surface area (Å²) in [7, 11) is 0. The molecule has 0 saturated carbocycles. The molecule has 6 heteroatoms. The topological polar surface area (TPSA) is 54.1 Å². The molecule has 0 amide bonds. The zero-order valence-corrected chi connectivity index (χ0v) is 18.1. The van der Waals surface area contributed by atoms with E-state index < -0.39 is 11.2 Å². The fourth-order valence-electron chi connectivity index (χ4n) is 5.23. The van der Waals surface area contributed by atoms with Gasteiger partial charge in [-0.1, -0.05) is 36.4 Å². The maximum absolute atomic E-state index is 6.82. The summed E-state index contributed by atoms with van der Waals surface area (Å²) in [6, 6.07) is 20.2. The Morgan fingerprint density at radius 3 is 1.97 bits per heavy atom. The highest BCUT2D eigenvalue weighted by atomic mass is 16.5. The van der Waals surface area contributed by atoms with Gasteiger partial charge in [0.2, 0.25) is 5.88 Å². The molecule has 2 aromatic heterocycles. The quantitative estimate of drug-likeness (QED) is 0.466. The molecule has 2 bridgehead atoms. The molecule has 156 valence electrons. The minimum Gasteiger partial charge on any atom is -0.478 e. The van der Waals surface area contributed by atoms with Gasteiger partial charge in [0.05, 0.1) is 22.6 Å². The van der Waals surface area contributed by atoms with E-state index in [1.165, 1.54) is 0 Å². The number of fused-ring (bicyclic) bond motifs is 6. The zero-order valence-electron chi connectivity index (χ0n) is 18.1. The lowest BCUT2D eigenvalue weighted by molar-refractivity contribution is -0.0800. The molecule has 2 aliphatic heterocycles. The van der Waals surface area contributed by atoms with Crippen molar-refractivity contribution in [3.05, 3.63) is 83.3 Å². The number of hydrogen-bond acceptors (Lipinski definition) is 4. The van der Waals surface area contributed by atoms with Crippen LogP contribution in [0.15, 0.2) is 60.7 Å². The maximum Gasteiger partial charge on any atom is 0.225 e. The van der Waals surface area contributed by atoms with Crippen molar-refractivity contribution in [1.82, 2.24) is 19.6 Å². The largest absolute Gasteiger partial charge is 0.478 e. The molecule has 2 aliphatic rings. The molecule has 31 heavy (non-hydrogen) atoms. The van der Waals surface area contributed by atoms with Crippen molar-refractivity contribution in [1.29, 1.82) is 0 Å². The van der Waals surface area contributed by atoms with Crippen LogP contribution in [0.25, 0.3) is 11.4 Å². The molecule has 0 saturated heterocycles. The van der Waals surface area contributed by atoms with Gasteiger partial charge in [0, 0.05) is 6.42 Å². The van der Waals surface area contributed by atoms with Crippen molar-refractivity contribution >= 4 is 0 Å². The van der Waals surface area contributed by atoms with Gasteiger partial charge in [-0.25, -0.2) is 9.36 Å². The Morgan fingerprint density at radius 1 is 0.742 bits per heavy atom. The summed E-state index contributed by atoms with van der Waals surface area (Å²) in [5, 5.41) is 9.68. The van der Waals surface area contributed by atoms with E-state index in [0.717, 1.165) is 45.6 Å². The first-order chi connectivity index (χ1) is 14.9. The zero-order chi connectivity index (χ0) is 21.4. The smallest absolute Gasteiger partial charge is 0.225 e. The summed E-state index contributed by atoms with van der Waals surface area (Å²) in [4.78, 5) is 0. The third-order valence-electron chi connectivity index (χ3n) is 6.38. The molecule has 0 spiro atoms. The molecule has 0 N–H and O–H groups in total. The number of nitrogens with zero attached hydrogens (tertiary/aromatic N) is 4. The Balaban J connectivity index is 1.59. The van der Waals surface area contributed by atoms with E-state index in [1.807, 2.05) is 71.7 Å². The Hall–Kier alpha value is -3.54. The van der Waals surface area contributed by atoms with E-state index in [9.17, 15) is 0 Å². The number of rotatable bonds is 2. The summed E-state index contributed by atoms with van der Waals surface area (Å²) >= 11 is 0. The summed E-state index contributed by atoms with van der Waals surface area (Å²) < 4.78 is 17.4. The van der Waals surface area contributed by atoms with E-state index in [2.05, 4.69) is 26.0 Å². The van der Waals surface area contributed by atoms with Crippen LogP contribution in [0.2, 0.25) is 0 Å². The Morgan fingerprint density at radius 2 is 1.32 bits per heavy atom. The van der Waals surface area contributed by atoms with Gasteiger partial charge in [0.1, 0.15) is 17.0 Å². The van der Waals surface area contributed by atoms with Crippen molar-refractivity contribution in [3.63, 3.8) is 0 Å². The number of aryl methyl sites for hydroxylation is 2. The first kappa shape index (κ1) is 18.2. The Kier molecular flexibility index (Phi) is 3.53. The van der Waals surface area contributed by atoms with Crippen LogP contribution < -0.4 is 9.47 Å². The van der Waals surface area contributed by atoms with Crippen molar-refractivity contribution in [2.24, 2.45) is 0 Å². The van der Waals surface area contributed by atoms with Gasteiger partial charge >= 0.3 is 0 Å². The molecule has 6 nitrogen and oxygen atoms in total. The highest BCUT2D eigenvalue weighted by Gasteiger charge is 2.57. The van der Waals surface area contributed by atoms with Gasteiger partial charge < -0.3 is 9.47 Å². The maximum atomic E-state index is 6.82. The van der Waals surface area contributed by atoms with Crippen molar-refractivity contribution in [2.45, 2.75) is 45.3 Å². The lowest BCUT2D eigenvalue weighted by Gasteiger charge is -2.48. The fraction of sp³-hybridized carbons (Fsp3) is 0.280. The van der Waals surface area contributed by atoms with Crippen LogP contribution in [-0.2, 0) is 11.2 Å². The molecule has 4 heterocycles. The normalized spacial score (nSPS) is 23.5. The summed E-state index contributed by atoms with van der Waals surface area (Å²) in [5.41, 5.74) is 4.50. The summed E-state index contributed by atoms with van der Waals surface area (Å²) in [6.07, 6.45) is 0.680.